The van der Waals surface area contributed by atoms with Crippen molar-refractivity contribution >= 4 is 5.91 Å². The molecule has 0 fully saturated rings. The SMILES string of the molecule is Cc1ccc([C@@H](C)NC(=O)Cn2ccn(-c3cc(F)ccc3C)c(=O)c2=O)cc1. The van der Waals surface area contributed by atoms with E-state index in [4.69, 9.17) is 0 Å². The van der Waals surface area contributed by atoms with Crippen LogP contribution in [0.3, 0.4) is 0 Å². The van der Waals surface area contributed by atoms with Crippen LogP contribution >= 0.6 is 0 Å². The molecule has 0 spiro atoms. The van der Waals surface area contributed by atoms with Crippen LogP contribution in [-0.2, 0) is 11.3 Å². The van der Waals surface area contributed by atoms with E-state index in [9.17, 15) is 18.8 Å². The molecule has 1 heterocycles. The maximum absolute atomic E-state index is 13.5. The first-order chi connectivity index (χ1) is 13.8. The Labute approximate surface area is 167 Å². The lowest BCUT2D eigenvalue weighted by Gasteiger charge is -2.15. The zero-order valence-corrected chi connectivity index (χ0v) is 16.5. The van der Waals surface area contributed by atoms with E-state index in [0.29, 0.717) is 5.56 Å². The molecule has 2 aromatic carbocycles. The third kappa shape index (κ3) is 4.51. The van der Waals surface area contributed by atoms with E-state index >= 15 is 0 Å². The van der Waals surface area contributed by atoms with E-state index in [1.165, 1.54) is 30.6 Å². The van der Waals surface area contributed by atoms with E-state index < -0.39 is 16.9 Å². The third-order valence-electron chi connectivity index (χ3n) is 4.76. The van der Waals surface area contributed by atoms with Gasteiger partial charge in [-0.15, -0.1) is 0 Å². The number of hydrogen-bond donors (Lipinski definition) is 1. The highest BCUT2D eigenvalue weighted by Crippen LogP contribution is 2.14. The minimum atomic E-state index is -0.852. The molecule has 0 aliphatic carbocycles. The molecule has 150 valence electrons. The minimum absolute atomic E-state index is 0.242. The van der Waals surface area contributed by atoms with Crippen LogP contribution in [0, 0.1) is 19.7 Å². The van der Waals surface area contributed by atoms with Crippen molar-refractivity contribution < 1.29 is 9.18 Å². The van der Waals surface area contributed by atoms with Crippen LogP contribution in [0.5, 0.6) is 0 Å². The first-order valence-corrected chi connectivity index (χ1v) is 9.21. The molecule has 0 unspecified atom stereocenters. The van der Waals surface area contributed by atoms with Crippen LogP contribution in [0.2, 0.25) is 0 Å². The Bertz CT molecular complexity index is 1160. The number of carbonyl (C=O) groups is 1. The third-order valence-corrected chi connectivity index (χ3v) is 4.76. The number of carbonyl (C=O) groups excluding carboxylic acids is 1. The van der Waals surface area contributed by atoms with Crippen molar-refractivity contribution in [2.45, 2.75) is 33.4 Å². The molecule has 1 amide bonds. The average Bonchev–Trinajstić information content (AvgIpc) is 2.68. The second-order valence-electron chi connectivity index (χ2n) is 7.04. The number of nitrogens with zero attached hydrogens (tertiary/aromatic N) is 2. The maximum Gasteiger partial charge on any atom is 0.320 e. The second kappa shape index (κ2) is 8.26. The van der Waals surface area contributed by atoms with Crippen molar-refractivity contribution in [1.29, 1.82) is 0 Å². The van der Waals surface area contributed by atoms with Crippen molar-refractivity contribution in [3.05, 3.63) is 98.1 Å². The molecule has 1 aromatic heterocycles. The summed E-state index contributed by atoms with van der Waals surface area (Å²) in [6, 6.07) is 11.5. The number of hydrogen-bond acceptors (Lipinski definition) is 3. The predicted molar refractivity (Wildman–Crippen MR) is 109 cm³/mol. The number of halogens is 1. The van der Waals surface area contributed by atoms with Gasteiger partial charge in [0, 0.05) is 12.4 Å². The highest BCUT2D eigenvalue weighted by atomic mass is 19.1. The second-order valence-corrected chi connectivity index (χ2v) is 7.04. The van der Waals surface area contributed by atoms with Gasteiger partial charge in [0.25, 0.3) is 0 Å². The monoisotopic (exact) mass is 395 g/mol. The van der Waals surface area contributed by atoms with Gasteiger partial charge in [0.2, 0.25) is 5.91 Å². The largest absolute Gasteiger partial charge is 0.348 e. The summed E-state index contributed by atoms with van der Waals surface area (Å²) in [5, 5.41) is 2.82. The zero-order chi connectivity index (χ0) is 21.1. The first kappa shape index (κ1) is 20.3. The average molecular weight is 395 g/mol. The summed E-state index contributed by atoms with van der Waals surface area (Å²) in [6.07, 6.45) is 2.71. The standard InChI is InChI=1S/C22H22FN3O3/c1-14-4-7-17(8-5-14)16(3)24-20(27)13-25-10-11-26(22(29)21(25)28)19-12-18(23)9-6-15(19)2/h4-12,16H,13H2,1-3H3,(H,24,27)/t16-/m1/s1. The van der Waals surface area contributed by atoms with Gasteiger partial charge < -0.3 is 5.32 Å². The van der Waals surface area contributed by atoms with E-state index in [0.717, 1.165) is 20.3 Å². The molecule has 0 aliphatic rings. The summed E-state index contributed by atoms with van der Waals surface area (Å²) >= 11 is 0. The van der Waals surface area contributed by atoms with Gasteiger partial charge in [-0.2, -0.15) is 0 Å². The zero-order valence-electron chi connectivity index (χ0n) is 16.5. The molecule has 1 atom stereocenters. The van der Waals surface area contributed by atoms with E-state index in [-0.39, 0.29) is 24.2 Å². The van der Waals surface area contributed by atoms with Crippen LogP contribution in [0.25, 0.3) is 5.69 Å². The first-order valence-electron chi connectivity index (χ1n) is 9.21. The highest BCUT2D eigenvalue weighted by molar-refractivity contribution is 5.76. The molecule has 0 saturated heterocycles. The number of aryl methyl sites for hydroxylation is 2. The Morgan fingerprint density at radius 1 is 1.03 bits per heavy atom. The van der Waals surface area contributed by atoms with Gasteiger partial charge in [0.1, 0.15) is 12.4 Å². The molecule has 0 aliphatic heterocycles. The number of amides is 1. The van der Waals surface area contributed by atoms with Crippen molar-refractivity contribution in [1.82, 2.24) is 14.5 Å². The van der Waals surface area contributed by atoms with Gasteiger partial charge in [0.05, 0.1) is 11.7 Å². The molecule has 3 rings (SSSR count). The molecule has 29 heavy (non-hydrogen) atoms. The van der Waals surface area contributed by atoms with Crippen LogP contribution < -0.4 is 16.4 Å². The van der Waals surface area contributed by atoms with Gasteiger partial charge in [-0.05, 0) is 44.0 Å². The van der Waals surface area contributed by atoms with Crippen LogP contribution in [0.4, 0.5) is 4.39 Å². The van der Waals surface area contributed by atoms with E-state index in [1.807, 2.05) is 38.1 Å². The smallest absolute Gasteiger partial charge is 0.320 e. The van der Waals surface area contributed by atoms with E-state index in [2.05, 4.69) is 5.32 Å². The van der Waals surface area contributed by atoms with Crippen molar-refractivity contribution in [3.63, 3.8) is 0 Å². The lowest BCUT2D eigenvalue weighted by Crippen LogP contribution is -2.43. The Morgan fingerprint density at radius 2 is 1.72 bits per heavy atom. The highest BCUT2D eigenvalue weighted by Gasteiger charge is 2.14. The Morgan fingerprint density at radius 3 is 2.41 bits per heavy atom. The summed E-state index contributed by atoms with van der Waals surface area (Å²) in [5.74, 6) is -0.898. The van der Waals surface area contributed by atoms with Crippen LogP contribution in [0.1, 0.15) is 29.7 Å². The van der Waals surface area contributed by atoms with Crippen molar-refractivity contribution in [2.75, 3.05) is 0 Å². The van der Waals surface area contributed by atoms with Gasteiger partial charge in [-0.25, -0.2) is 4.39 Å². The Hall–Kier alpha value is -3.48. The molecular formula is C22H22FN3O3. The van der Waals surface area contributed by atoms with Gasteiger partial charge in [0.15, 0.2) is 0 Å². The number of aromatic nitrogens is 2. The summed E-state index contributed by atoms with van der Waals surface area (Å²) in [5.41, 5.74) is 1.29. The fraction of sp³-hybridized carbons (Fsp3) is 0.227. The lowest BCUT2D eigenvalue weighted by atomic mass is 10.1. The molecule has 0 saturated carbocycles. The molecule has 0 bridgehead atoms. The van der Waals surface area contributed by atoms with Gasteiger partial charge in [-0.3, -0.25) is 23.5 Å². The van der Waals surface area contributed by atoms with Gasteiger partial charge >= 0.3 is 11.1 Å². The Kier molecular flexibility index (Phi) is 5.77. The van der Waals surface area contributed by atoms with Crippen molar-refractivity contribution in [3.8, 4) is 5.69 Å². The molecule has 1 N–H and O–H groups in total. The topological polar surface area (TPSA) is 73.1 Å². The molecule has 0 radical (unpaired) electrons. The fourth-order valence-corrected chi connectivity index (χ4v) is 3.05. The summed E-state index contributed by atoms with van der Waals surface area (Å²) in [6.45, 7) is 5.25. The summed E-state index contributed by atoms with van der Waals surface area (Å²) in [7, 11) is 0. The number of nitrogens with one attached hydrogen (secondary N) is 1. The number of rotatable bonds is 5. The summed E-state index contributed by atoms with van der Waals surface area (Å²) < 4.78 is 15.7. The molecule has 7 heteroatoms. The summed E-state index contributed by atoms with van der Waals surface area (Å²) in [4.78, 5) is 37.3. The quantitative estimate of drug-likeness (QED) is 0.675. The Balaban J connectivity index is 1.80. The minimum Gasteiger partial charge on any atom is -0.348 e. The maximum atomic E-state index is 13.5. The number of benzene rings is 2. The van der Waals surface area contributed by atoms with Crippen LogP contribution in [0.15, 0.2) is 64.4 Å². The van der Waals surface area contributed by atoms with Crippen LogP contribution in [-0.4, -0.2) is 15.0 Å². The normalized spacial score (nSPS) is 11.9. The molecular weight excluding hydrogens is 373 g/mol. The van der Waals surface area contributed by atoms with E-state index in [1.54, 1.807) is 6.92 Å². The molecule has 6 nitrogen and oxygen atoms in total. The molecule has 3 aromatic rings. The van der Waals surface area contributed by atoms with Crippen molar-refractivity contribution in [2.24, 2.45) is 0 Å². The predicted octanol–water partition coefficient (Wildman–Crippen LogP) is 2.63. The van der Waals surface area contributed by atoms with Gasteiger partial charge in [-0.1, -0.05) is 35.9 Å². The fourth-order valence-electron chi connectivity index (χ4n) is 3.05. The lowest BCUT2D eigenvalue weighted by molar-refractivity contribution is -0.122.